The third-order valence-corrected chi connectivity index (χ3v) is 9.26. The number of carbonyl (C=O) groups excluding carboxylic acids is 4. The van der Waals surface area contributed by atoms with Gasteiger partial charge in [-0.2, -0.15) is 4.90 Å². The summed E-state index contributed by atoms with van der Waals surface area (Å²) in [7, 11) is 0. The number of anilines is 3. The number of ether oxygens (including phenoxy) is 2. The van der Waals surface area contributed by atoms with E-state index in [4.69, 9.17) is 67.5 Å². The molecule has 1 aliphatic rings. The van der Waals surface area contributed by atoms with E-state index in [1.807, 2.05) is 0 Å². The number of nitrogens with zero attached hydrogens (tertiary/aromatic N) is 1. The fourth-order valence-corrected chi connectivity index (χ4v) is 6.21. The molecule has 0 spiro atoms. The molecule has 2 atom stereocenters. The van der Waals surface area contributed by atoms with Crippen molar-refractivity contribution in [3.8, 4) is 0 Å². The van der Waals surface area contributed by atoms with Crippen LogP contribution in [0.25, 0.3) is 0 Å². The van der Waals surface area contributed by atoms with E-state index in [1.165, 1.54) is 53.7 Å². The fraction of sp³-hybridized carbons (Fsp3) is 0.353. The second-order valence-electron chi connectivity index (χ2n) is 13.5. The summed E-state index contributed by atoms with van der Waals surface area (Å²) in [5.41, 5.74) is -2.73. The average molecular weight is 794 g/mol. The first kappa shape index (κ1) is 39.4. The Morgan fingerprint density at radius 3 is 1.92 bits per heavy atom. The van der Waals surface area contributed by atoms with Crippen LogP contribution < -0.4 is 15.5 Å². The number of hydrogen-bond donors (Lipinski definition) is 2. The highest BCUT2D eigenvalue weighted by molar-refractivity contribution is 6.53. The SMILES string of the molecule is Cc1cc(NC(=O)[C@H]2[C@H](c3ccc(Cl)c(Cl)c3)C2(Cl)Cl)cc(C(=O)Nc2cc(N(C(=O)OC(C)(C)C)C(=O)OC(C)(C)C)c(F)cc2F)c1Cl. The minimum Gasteiger partial charge on any atom is -0.443 e. The first-order valence-electron chi connectivity index (χ1n) is 14.9. The number of halogens is 7. The molecule has 0 unspecified atom stereocenters. The van der Waals surface area contributed by atoms with Crippen molar-refractivity contribution in [2.45, 2.75) is 69.9 Å². The zero-order chi connectivity index (χ0) is 37.7. The van der Waals surface area contributed by atoms with Gasteiger partial charge in [-0.1, -0.05) is 40.9 Å². The summed E-state index contributed by atoms with van der Waals surface area (Å²) in [5, 5.41) is 5.49. The number of amides is 4. The molecule has 0 aromatic heterocycles. The second-order valence-corrected chi connectivity index (χ2v) is 16.1. The summed E-state index contributed by atoms with van der Waals surface area (Å²) in [5.74, 6) is -5.64. The predicted molar refractivity (Wildman–Crippen MR) is 191 cm³/mol. The van der Waals surface area contributed by atoms with Crippen LogP contribution in [-0.2, 0) is 14.3 Å². The summed E-state index contributed by atoms with van der Waals surface area (Å²) < 4.78 is 39.4. The van der Waals surface area contributed by atoms with Gasteiger partial charge in [0, 0.05) is 17.7 Å². The number of benzene rings is 3. The summed E-state index contributed by atoms with van der Waals surface area (Å²) in [6.07, 6.45) is -2.63. The number of nitrogens with one attached hydrogen (secondary N) is 2. The molecule has 50 heavy (non-hydrogen) atoms. The zero-order valence-electron chi connectivity index (χ0n) is 27.7. The lowest BCUT2D eigenvalue weighted by atomic mass is 10.1. The molecule has 0 heterocycles. The molecule has 3 aromatic carbocycles. The summed E-state index contributed by atoms with van der Waals surface area (Å²) >= 11 is 31.5. The molecule has 0 aliphatic heterocycles. The summed E-state index contributed by atoms with van der Waals surface area (Å²) in [6, 6.07) is 8.62. The number of imide groups is 1. The third kappa shape index (κ3) is 8.92. The van der Waals surface area contributed by atoms with Gasteiger partial charge in [0.15, 0.2) is 5.82 Å². The molecule has 0 bridgehead atoms. The molecule has 1 fully saturated rings. The smallest absolute Gasteiger partial charge is 0.424 e. The first-order chi connectivity index (χ1) is 22.9. The van der Waals surface area contributed by atoms with Crippen molar-refractivity contribution >= 4 is 99.1 Å². The molecule has 2 N–H and O–H groups in total. The zero-order valence-corrected chi connectivity index (χ0v) is 31.5. The van der Waals surface area contributed by atoms with Crippen LogP contribution in [0.15, 0.2) is 42.5 Å². The van der Waals surface area contributed by atoms with Gasteiger partial charge in [0.2, 0.25) is 5.91 Å². The molecule has 1 saturated carbocycles. The number of alkyl halides is 2. The number of hydrogen-bond acceptors (Lipinski definition) is 6. The van der Waals surface area contributed by atoms with Crippen molar-refractivity contribution in [3.05, 3.63) is 85.9 Å². The molecule has 4 amide bonds. The van der Waals surface area contributed by atoms with Gasteiger partial charge in [0.05, 0.1) is 37.9 Å². The van der Waals surface area contributed by atoms with Crippen LogP contribution in [0.2, 0.25) is 15.1 Å². The summed E-state index contributed by atoms with van der Waals surface area (Å²) in [6.45, 7) is 10.7. The monoisotopic (exact) mass is 791 g/mol. The Bertz CT molecular complexity index is 1870. The Kier molecular flexibility index (Phi) is 11.3. The van der Waals surface area contributed by atoms with Crippen LogP contribution in [0.4, 0.5) is 35.4 Å². The maximum Gasteiger partial charge on any atom is 0.424 e. The molecule has 4 rings (SSSR count). The van der Waals surface area contributed by atoms with E-state index in [9.17, 15) is 19.2 Å². The van der Waals surface area contributed by atoms with Crippen LogP contribution in [0.1, 0.15) is 68.9 Å². The van der Waals surface area contributed by atoms with Gasteiger partial charge in [0.1, 0.15) is 21.4 Å². The second kappa shape index (κ2) is 14.3. The minimum atomic E-state index is -1.47. The standard InChI is InChI=1S/C34H32Cl5F2N3O6/c1-15-10-17(42-29(46)26-25(34(26,38)39)16-8-9-19(35)20(36)11-16)12-18(27(15)37)28(45)43-23-14-24(22(41)13-21(23)40)44(30(47)49-32(2,3)4)31(48)50-33(5,6)7/h8-14,25-26H,1-7H3,(H,42,46)(H,43,45)/t25-,26+/m0/s1. The quantitative estimate of drug-likeness (QED) is 0.240. The van der Waals surface area contributed by atoms with Crippen molar-refractivity contribution in [1.82, 2.24) is 0 Å². The van der Waals surface area contributed by atoms with Gasteiger partial charge in [-0.05, 0) is 89.9 Å². The van der Waals surface area contributed by atoms with Gasteiger partial charge in [-0.25, -0.2) is 18.4 Å². The van der Waals surface area contributed by atoms with Crippen LogP contribution >= 0.6 is 58.0 Å². The maximum atomic E-state index is 15.2. The predicted octanol–water partition coefficient (Wildman–Crippen LogP) is 10.7. The molecule has 0 radical (unpaired) electrons. The lowest BCUT2D eigenvalue weighted by Crippen LogP contribution is -2.44. The Balaban J connectivity index is 1.63. The molecule has 268 valence electrons. The van der Waals surface area contributed by atoms with Crippen molar-refractivity contribution in [2.24, 2.45) is 5.92 Å². The van der Waals surface area contributed by atoms with E-state index in [0.717, 1.165) is 6.07 Å². The Morgan fingerprint density at radius 1 is 0.800 bits per heavy atom. The molecule has 1 aliphatic carbocycles. The van der Waals surface area contributed by atoms with Gasteiger partial charge in [-0.3, -0.25) is 9.59 Å². The van der Waals surface area contributed by atoms with E-state index in [0.29, 0.717) is 22.2 Å². The summed E-state index contributed by atoms with van der Waals surface area (Å²) in [4.78, 5) is 53.2. The van der Waals surface area contributed by atoms with Gasteiger partial charge in [-0.15, -0.1) is 23.2 Å². The van der Waals surface area contributed by atoms with Crippen molar-refractivity contribution in [1.29, 1.82) is 0 Å². The van der Waals surface area contributed by atoms with Crippen LogP contribution in [0.3, 0.4) is 0 Å². The fourth-order valence-electron chi connectivity index (χ4n) is 4.88. The first-order valence-corrected chi connectivity index (χ1v) is 16.8. The molecule has 0 saturated heterocycles. The molecule has 16 heteroatoms. The van der Waals surface area contributed by atoms with Crippen molar-refractivity contribution < 1.29 is 37.4 Å². The van der Waals surface area contributed by atoms with E-state index < -0.39 is 74.4 Å². The van der Waals surface area contributed by atoms with Gasteiger partial charge < -0.3 is 20.1 Å². The highest BCUT2D eigenvalue weighted by Crippen LogP contribution is 2.65. The Hall–Kier alpha value is -3.35. The molecule has 3 aromatic rings. The number of rotatable bonds is 6. The topological polar surface area (TPSA) is 114 Å². The number of carbonyl (C=O) groups is 4. The lowest BCUT2D eigenvalue weighted by Gasteiger charge is -2.29. The average Bonchev–Trinajstić information content (AvgIpc) is 3.54. The van der Waals surface area contributed by atoms with Crippen LogP contribution in [0.5, 0.6) is 0 Å². The van der Waals surface area contributed by atoms with Crippen molar-refractivity contribution in [2.75, 3.05) is 15.5 Å². The van der Waals surface area contributed by atoms with Gasteiger partial charge in [0.25, 0.3) is 5.91 Å². The maximum absolute atomic E-state index is 15.2. The van der Waals surface area contributed by atoms with Crippen LogP contribution in [-0.4, -0.2) is 39.5 Å². The molecule has 9 nitrogen and oxygen atoms in total. The third-order valence-electron chi connectivity index (χ3n) is 7.08. The minimum absolute atomic E-state index is 0.0449. The molecular formula is C34H32Cl5F2N3O6. The largest absolute Gasteiger partial charge is 0.443 e. The number of aryl methyl sites for hydroxylation is 1. The Labute approximate surface area is 312 Å². The van der Waals surface area contributed by atoms with Crippen LogP contribution in [0, 0.1) is 24.5 Å². The van der Waals surface area contributed by atoms with E-state index in [1.54, 1.807) is 25.1 Å². The lowest BCUT2D eigenvalue weighted by molar-refractivity contribution is -0.117. The van der Waals surface area contributed by atoms with Gasteiger partial charge >= 0.3 is 12.2 Å². The highest BCUT2D eigenvalue weighted by Gasteiger charge is 2.67. The normalized spacial score (nSPS) is 16.7. The van der Waals surface area contributed by atoms with E-state index in [2.05, 4.69) is 10.6 Å². The molecular weight excluding hydrogens is 762 g/mol. The Morgan fingerprint density at radius 2 is 1.38 bits per heavy atom. The van der Waals surface area contributed by atoms with E-state index >= 15 is 8.78 Å². The van der Waals surface area contributed by atoms with Crippen molar-refractivity contribution in [3.63, 3.8) is 0 Å². The highest BCUT2D eigenvalue weighted by atomic mass is 35.5. The van der Waals surface area contributed by atoms with E-state index in [-0.39, 0.29) is 26.2 Å².